The Morgan fingerprint density at radius 2 is 1.87 bits per heavy atom. The van der Waals surface area contributed by atoms with E-state index < -0.39 is 11.5 Å². The first-order valence-corrected chi connectivity index (χ1v) is 5.45. The SMILES string of the molecule is CC1(C)CCCN(C2(C(=O)O)CC2)C1.Cl. The highest BCUT2D eigenvalue weighted by Gasteiger charge is 2.56. The van der Waals surface area contributed by atoms with Gasteiger partial charge < -0.3 is 5.11 Å². The predicted molar refractivity (Wildman–Crippen MR) is 61.4 cm³/mol. The molecule has 2 aliphatic rings. The van der Waals surface area contributed by atoms with Gasteiger partial charge in [-0.1, -0.05) is 13.8 Å². The summed E-state index contributed by atoms with van der Waals surface area (Å²) < 4.78 is 0. The summed E-state index contributed by atoms with van der Waals surface area (Å²) in [5.41, 5.74) is -0.180. The quantitative estimate of drug-likeness (QED) is 0.795. The molecule has 0 radical (unpaired) electrons. The fourth-order valence-corrected chi connectivity index (χ4v) is 2.57. The summed E-state index contributed by atoms with van der Waals surface area (Å²) in [6.07, 6.45) is 4.05. The third-order valence-corrected chi connectivity index (χ3v) is 3.63. The Labute approximate surface area is 97.2 Å². The van der Waals surface area contributed by atoms with E-state index >= 15 is 0 Å². The number of aliphatic carboxylic acids is 1. The minimum Gasteiger partial charge on any atom is -0.480 e. The van der Waals surface area contributed by atoms with Crippen LogP contribution in [0.2, 0.25) is 0 Å². The summed E-state index contributed by atoms with van der Waals surface area (Å²) in [6.45, 7) is 6.38. The lowest BCUT2D eigenvalue weighted by molar-refractivity contribution is -0.146. The topological polar surface area (TPSA) is 40.5 Å². The normalized spacial score (nSPS) is 27.9. The highest BCUT2D eigenvalue weighted by Crippen LogP contribution is 2.45. The van der Waals surface area contributed by atoms with E-state index in [9.17, 15) is 9.90 Å². The Morgan fingerprint density at radius 3 is 2.27 bits per heavy atom. The molecule has 1 saturated carbocycles. The summed E-state index contributed by atoms with van der Waals surface area (Å²) in [6, 6.07) is 0. The summed E-state index contributed by atoms with van der Waals surface area (Å²) in [5, 5.41) is 9.18. The summed E-state index contributed by atoms with van der Waals surface area (Å²) in [5.74, 6) is -0.616. The molecular formula is C11H20ClNO2. The van der Waals surface area contributed by atoms with Gasteiger partial charge in [0.1, 0.15) is 5.54 Å². The first kappa shape index (κ1) is 12.8. The Bertz CT molecular complexity index is 261. The zero-order valence-electron chi connectivity index (χ0n) is 9.45. The van der Waals surface area contributed by atoms with Crippen molar-refractivity contribution in [2.45, 2.75) is 45.1 Å². The number of hydrogen-bond acceptors (Lipinski definition) is 2. The molecule has 0 unspecified atom stereocenters. The van der Waals surface area contributed by atoms with E-state index in [2.05, 4.69) is 18.7 Å². The average Bonchev–Trinajstić information content (AvgIpc) is 2.81. The Balaban J connectivity index is 0.00000112. The second kappa shape index (κ2) is 3.95. The highest BCUT2D eigenvalue weighted by atomic mass is 35.5. The zero-order chi connectivity index (χ0) is 10.4. The number of halogens is 1. The van der Waals surface area contributed by atoms with Gasteiger partial charge in [-0.15, -0.1) is 12.4 Å². The minimum atomic E-state index is -0.616. The predicted octanol–water partition coefficient (Wildman–Crippen LogP) is 2.15. The molecule has 0 aromatic rings. The summed E-state index contributed by atoms with van der Waals surface area (Å²) >= 11 is 0. The molecule has 1 N–H and O–H groups in total. The summed E-state index contributed by atoms with van der Waals surface area (Å²) in [7, 11) is 0. The first-order valence-electron chi connectivity index (χ1n) is 5.45. The van der Waals surface area contributed by atoms with Crippen LogP contribution >= 0.6 is 12.4 Å². The van der Waals surface area contributed by atoms with Crippen molar-refractivity contribution >= 4 is 18.4 Å². The molecule has 4 heteroatoms. The van der Waals surface area contributed by atoms with Crippen LogP contribution in [-0.4, -0.2) is 34.6 Å². The molecule has 3 nitrogen and oxygen atoms in total. The Hall–Kier alpha value is -0.280. The maximum atomic E-state index is 11.2. The average molecular weight is 234 g/mol. The molecule has 88 valence electrons. The van der Waals surface area contributed by atoms with Crippen LogP contribution in [0.25, 0.3) is 0 Å². The van der Waals surface area contributed by atoms with Crippen molar-refractivity contribution in [3.63, 3.8) is 0 Å². The van der Waals surface area contributed by atoms with E-state index in [0.29, 0.717) is 5.41 Å². The number of carbonyl (C=O) groups is 1. The molecule has 0 spiro atoms. The van der Waals surface area contributed by atoms with Crippen molar-refractivity contribution in [1.82, 2.24) is 4.90 Å². The second-order valence-electron chi connectivity index (χ2n) is 5.53. The number of piperidine rings is 1. The zero-order valence-corrected chi connectivity index (χ0v) is 10.3. The molecule has 1 aliphatic carbocycles. The van der Waals surface area contributed by atoms with Crippen LogP contribution in [-0.2, 0) is 4.79 Å². The smallest absolute Gasteiger partial charge is 0.324 e. The van der Waals surface area contributed by atoms with Gasteiger partial charge in [0.2, 0.25) is 0 Å². The number of carboxylic acids is 1. The lowest BCUT2D eigenvalue weighted by Gasteiger charge is -2.41. The largest absolute Gasteiger partial charge is 0.480 e. The molecule has 1 saturated heterocycles. The van der Waals surface area contributed by atoms with Crippen molar-refractivity contribution < 1.29 is 9.90 Å². The van der Waals surface area contributed by atoms with Crippen molar-refractivity contribution in [2.75, 3.05) is 13.1 Å². The van der Waals surface area contributed by atoms with Crippen LogP contribution in [0, 0.1) is 5.41 Å². The van der Waals surface area contributed by atoms with Crippen molar-refractivity contribution in [1.29, 1.82) is 0 Å². The van der Waals surface area contributed by atoms with E-state index in [1.807, 2.05) is 0 Å². The molecule has 1 aliphatic heterocycles. The van der Waals surface area contributed by atoms with Crippen LogP contribution in [0.1, 0.15) is 39.5 Å². The highest BCUT2D eigenvalue weighted by molar-refractivity contribution is 5.85. The third kappa shape index (κ3) is 2.28. The van der Waals surface area contributed by atoms with Gasteiger partial charge in [0.25, 0.3) is 0 Å². The maximum absolute atomic E-state index is 11.2. The molecule has 1 heterocycles. The number of hydrogen-bond donors (Lipinski definition) is 1. The minimum absolute atomic E-state index is 0. The second-order valence-corrected chi connectivity index (χ2v) is 5.53. The molecule has 0 bridgehead atoms. The van der Waals surface area contributed by atoms with E-state index in [1.165, 1.54) is 6.42 Å². The molecule has 0 atom stereocenters. The number of likely N-dealkylation sites (tertiary alicyclic amines) is 1. The van der Waals surface area contributed by atoms with E-state index in [-0.39, 0.29) is 12.4 Å². The van der Waals surface area contributed by atoms with Gasteiger partial charge in [0.15, 0.2) is 0 Å². The molecule has 0 aromatic heterocycles. The van der Waals surface area contributed by atoms with Crippen LogP contribution in [0.4, 0.5) is 0 Å². The third-order valence-electron chi connectivity index (χ3n) is 3.63. The first-order chi connectivity index (χ1) is 6.46. The molecule has 15 heavy (non-hydrogen) atoms. The molecule has 0 aromatic carbocycles. The van der Waals surface area contributed by atoms with E-state index in [4.69, 9.17) is 0 Å². The fourth-order valence-electron chi connectivity index (χ4n) is 2.57. The number of rotatable bonds is 2. The van der Waals surface area contributed by atoms with Gasteiger partial charge in [0.05, 0.1) is 0 Å². The van der Waals surface area contributed by atoms with Gasteiger partial charge in [0, 0.05) is 6.54 Å². The van der Waals surface area contributed by atoms with Gasteiger partial charge in [-0.2, -0.15) is 0 Å². The van der Waals surface area contributed by atoms with Crippen LogP contribution < -0.4 is 0 Å². The van der Waals surface area contributed by atoms with Crippen molar-refractivity contribution in [3.8, 4) is 0 Å². The Kier molecular flexibility index (Phi) is 3.36. The lowest BCUT2D eigenvalue weighted by Crippen LogP contribution is -2.50. The van der Waals surface area contributed by atoms with Gasteiger partial charge in [-0.05, 0) is 37.6 Å². The lowest BCUT2D eigenvalue weighted by atomic mass is 9.83. The van der Waals surface area contributed by atoms with E-state index in [0.717, 1.165) is 32.4 Å². The number of nitrogens with zero attached hydrogens (tertiary/aromatic N) is 1. The van der Waals surface area contributed by atoms with Gasteiger partial charge in [-0.3, -0.25) is 9.69 Å². The molecular weight excluding hydrogens is 214 g/mol. The Morgan fingerprint density at radius 1 is 1.27 bits per heavy atom. The molecule has 2 fully saturated rings. The monoisotopic (exact) mass is 233 g/mol. The molecule has 0 amide bonds. The van der Waals surface area contributed by atoms with E-state index in [1.54, 1.807) is 0 Å². The standard InChI is InChI=1S/C11H19NO2.ClH/c1-10(2)4-3-7-12(8-10)11(5-6-11)9(13)14;/h3-8H2,1-2H3,(H,13,14);1H. The number of carboxylic acid groups (broad SMARTS) is 1. The van der Waals surface area contributed by atoms with Crippen LogP contribution in [0.15, 0.2) is 0 Å². The van der Waals surface area contributed by atoms with Crippen molar-refractivity contribution in [3.05, 3.63) is 0 Å². The van der Waals surface area contributed by atoms with Crippen LogP contribution in [0.3, 0.4) is 0 Å². The summed E-state index contributed by atoms with van der Waals surface area (Å²) in [4.78, 5) is 13.3. The fraction of sp³-hybridized carbons (Fsp3) is 0.909. The molecule has 2 rings (SSSR count). The van der Waals surface area contributed by atoms with Crippen LogP contribution in [0.5, 0.6) is 0 Å². The maximum Gasteiger partial charge on any atom is 0.324 e. The van der Waals surface area contributed by atoms with Crippen molar-refractivity contribution in [2.24, 2.45) is 5.41 Å². The van der Waals surface area contributed by atoms with Gasteiger partial charge >= 0.3 is 5.97 Å². The van der Waals surface area contributed by atoms with Gasteiger partial charge in [-0.25, -0.2) is 0 Å².